The summed E-state index contributed by atoms with van der Waals surface area (Å²) in [6.07, 6.45) is 2.55. The van der Waals surface area contributed by atoms with E-state index in [2.05, 4.69) is 6.92 Å². The molecule has 4 heteroatoms. The zero-order chi connectivity index (χ0) is 14.4. The molecule has 1 aliphatic carbocycles. The Morgan fingerprint density at radius 3 is 2.60 bits per heavy atom. The molecule has 1 saturated heterocycles. The van der Waals surface area contributed by atoms with Crippen molar-refractivity contribution in [1.82, 2.24) is 0 Å². The quantitative estimate of drug-likeness (QED) is 0.800. The first-order chi connectivity index (χ1) is 9.49. The molecule has 0 spiro atoms. The maximum atomic E-state index is 12.6. The van der Waals surface area contributed by atoms with Gasteiger partial charge in [-0.15, -0.1) is 0 Å². The maximum Gasteiger partial charge on any atom is 0.237 e. The fourth-order valence-electron chi connectivity index (χ4n) is 3.44. The zero-order valence-corrected chi connectivity index (χ0v) is 11.8. The van der Waals surface area contributed by atoms with Crippen LogP contribution < -0.4 is 4.90 Å². The first-order valence-electron chi connectivity index (χ1n) is 7.16. The topological polar surface area (TPSA) is 57.6 Å². The van der Waals surface area contributed by atoms with Gasteiger partial charge in [0.25, 0.3) is 0 Å². The minimum Gasteiger partial charge on any atom is -0.506 e. The second kappa shape index (κ2) is 4.62. The van der Waals surface area contributed by atoms with Gasteiger partial charge in [-0.25, -0.2) is 4.90 Å². The number of amides is 2. The molecule has 0 aromatic heterocycles. The number of aromatic hydroxyl groups is 1. The van der Waals surface area contributed by atoms with Crippen LogP contribution in [0.2, 0.25) is 0 Å². The van der Waals surface area contributed by atoms with Crippen LogP contribution in [0.4, 0.5) is 5.69 Å². The van der Waals surface area contributed by atoms with Crippen LogP contribution in [0, 0.1) is 24.7 Å². The summed E-state index contributed by atoms with van der Waals surface area (Å²) < 4.78 is 0. The highest BCUT2D eigenvalue weighted by Crippen LogP contribution is 2.43. The smallest absolute Gasteiger partial charge is 0.237 e. The molecule has 1 aromatic carbocycles. The van der Waals surface area contributed by atoms with Crippen molar-refractivity contribution in [2.45, 2.75) is 33.1 Å². The van der Waals surface area contributed by atoms with Gasteiger partial charge in [0.05, 0.1) is 17.5 Å². The van der Waals surface area contributed by atoms with E-state index < -0.39 is 0 Å². The number of anilines is 1. The average Bonchev–Trinajstić information content (AvgIpc) is 2.65. The summed E-state index contributed by atoms with van der Waals surface area (Å²) in [7, 11) is 0. The minimum atomic E-state index is -0.203. The van der Waals surface area contributed by atoms with Crippen LogP contribution in [0.15, 0.2) is 18.2 Å². The van der Waals surface area contributed by atoms with Gasteiger partial charge in [-0.1, -0.05) is 13.0 Å². The molecule has 1 heterocycles. The molecular formula is C16H19NO3. The average molecular weight is 273 g/mol. The first-order valence-corrected chi connectivity index (χ1v) is 7.16. The Morgan fingerprint density at radius 2 is 1.85 bits per heavy atom. The molecule has 0 bridgehead atoms. The number of hydrogen-bond donors (Lipinski definition) is 1. The van der Waals surface area contributed by atoms with Crippen molar-refractivity contribution in [1.29, 1.82) is 0 Å². The number of carbonyl (C=O) groups is 2. The van der Waals surface area contributed by atoms with Gasteiger partial charge >= 0.3 is 0 Å². The molecule has 2 aliphatic rings. The van der Waals surface area contributed by atoms with Gasteiger partial charge in [-0.3, -0.25) is 9.59 Å². The summed E-state index contributed by atoms with van der Waals surface area (Å²) in [6.45, 7) is 4.00. The number of rotatable bonds is 1. The van der Waals surface area contributed by atoms with Crippen LogP contribution in [0.3, 0.4) is 0 Å². The van der Waals surface area contributed by atoms with E-state index in [1.807, 2.05) is 6.92 Å². The predicted octanol–water partition coefficient (Wildman–Crippen LogP) is 2.63. The highest BCUT2D eigenvalue weighted by Gasteiger charge is 2.50. The normalized spacial score (nSPS) is 29.7. The molecule has 1 saturated carbocycles. The number of benzene rings is 1. The number of aryl methyl sites for hydroxylation is 1. The van der Waals surface area contributed by atoms with Gasteiger partial charge in [0, 0.05) is 0 Å². The largest absolute Gasteiger partial charge is 0.506 e. The molecule has 3 rings (SSSR count). The number of nitrogens with zero attached hydrogens (tertiary/aromatic N) is 1. The van der Waals surface area contributed by atoms with Crippen LogP contribution in [0.25, 0.3) is 0 Å². The van der Waals surface area contributed by atoms with E-state index in [0.717, 1.165) is 24.8 Å². The number of carbonyl (C=O) groups excluding carboxylic acids is 2. The van der Waals surface area contributed by atoms with Gasteiger partial charge in [-0.05, 0) is 49.8 Å². The lowest BCUT2D eigenvalue weighted by Gasteiger charge is -2.25. The van der Waals surface area contributed by atoms with Gasteiger partial charge in [0.15, 0.2) is 0 Å². The van der Waals surface area contributed by atoms with Crippen LogP contribution in [-0.4, -0.2) is 16.9 Å². The molecule has 1 N–H and O–H groups in total. The Bertz CT molecular complexity index is 581. The SMILES string of the molecule is Cc1ccc(O)c(N2C(=O)[C@H]3C[C@@H](C)CC[C@H]3C2=O)c1. The predicted molar refractivity (Wildman–Crippen MR) is 75.3 cm³/mol. The van der Waals surface area contributed by atoms with E-state index in [1.165, 1.54) is 11.0 Å². The van der Waals surface area contributed by atoms with E-state index in [4.69, 9.17) is 0 Å². The third-order valence-electron chi connectivity index (χ3n) is 4.56. The molecule has 4 nitrogen and oxygen atoms in total. The Hall–Kier alpha value is -1.84. The van der Waals surface area contributed by atoms with Crippen molar-refractivity contribution >= 4 is 17.5 Å². The first kappa shape index (κ1) is 13.2. The van der Waals surface area contributed by atoms with Crippen molar-refractivity contribution in [2.24, 2.45) is 17.8 Å². The molecule has 20 heavy (non-hydrogen) atoms. The molecule has 1 aliphatic heterocycles. The maximum absolute atomic E-state index is 12.6. The summed E-state index contributed by atoms with van der Waals surface area (Å²) in [5, 5.41) is 9.97. The lowest BCUT2D eigenvalue weighted by atomic mass is 9.76. The van der Waals surface area contributed by atoms with Crippen LogP contribution in [0.1, 0.15) is 31.7 Å². The van der Waals surface area contributed by atoms with E-state index in [0.29, 0.717) is 11.6 Å². The van der Waals surface area contributed by atoms with E-state index in [9.17, 15) is 14.7 Å². The molecule has 2 amide bonds. The number of phenolic OH excluding ortho intramolecular Hbond substituents is 1. The Morgan fingerprint density at radius 1 is 1.15 bits per heavy atom. The summed E-state index contributed by atoms with van der Waals surface area (Å²) in [6, 6.07) is 5.00. The number of hydrogen-bond acceptors (Lipinski definition) is 3. The lowest BCUT2D eigenvalue weighted by molar-refractivity contribution is -0.122. The fraction of sp³-hybridized carbons (Fsp3) is 0.500. The van der Waals surface area contributed by atoms with E-state index in [-0.39, 0.29) is 29.4 Å². The van der Waals surface area contributed by atoms with Gasteiger partial charge in [0.1, 0.15) is 5.75 Å². The number of imide groups is 1. The van der Waals surface area contributed by atoms with Crippen molar-refractivity contribution in [3.05, 3.63) is 23.8 Å². The van der Waals surface area contributed by atoms with Gasteiger partial charge in [-0.2, -0.15) is 0 Å². The summed E-state index contributed by atoms with van der Waals surface area (Å²) in [4.78, 5) is 26.3. The second-order valence-corrected chi connectivity index (χ2v) is 6.14. The van der Waals surface area contributed by atoms with Crippen LogP contribution in [0.5, 0.6) is 5.75 Å². The van der Waals surface area contributed by atoms with E-state index >= 15 is 0 Å². The highest BCUT2D eigenvalue weighted by atomic mass is 16.3. The fourth-order valence-corrected chi connectivity index (χ4v) is 3.44. The summed E-state index contributed by atoms with van der Waals surface area (Å²) in [5.74, 6) is -0.215. The third kappa shape index (κ3) is 1.90. The number of fused-ring (bicyclic) bond motifs is 1. The van der Waals surface area contributed by atoms with Gasteiger partial charge in [0.2, 0.25) is 11.8 Å². The Balaban J connectivity index is 2.00. The van der Waals surface area contributed by atoms with E-state index in [1.54, 1.807) is 12.1 Å². The summed E-state index contributed by atoms with van der Waals surface area (Å²) >= 11 is 0. The van der Waals surface area contributed by atoms with Crippen molar-refractivity contribution in [3.8, 4) is 5.75 Å². The van der Waals surface area contributed by atoms with Crippen molar-refractivity contribution < 1.29 is 14.7 Å². The molecule has 3 atom stereocenters. The Labute approximate surface area is 118 Å². The lowest BCUT2D eigenvalue weighted by Crippen LogP contribution is -2.31. The van der Waals surface area contributed by atoms with Crippen molar-refractivity contribution in [2.75, 3.05) is 4.90 Å². The molecule has 1 aromatic rings. The number of phenols is 1. The zero-order valence-electron chi connectivity index (χ0n) is 11.8. The molecule has 2 fully saturated rings. The van der Waals surface area contributed by atoms with Gasteiger partial charge < -0.3 is 5.11 Å². The van der Waals surface area contributed by atoms with Crippen molar-refractivity contribution in [3.63, 3.8) is 0 Å². The summed E-state index contributed by atoms with van der Waals surface area (Å²) in [5.41, 5.74) is 1.25. The molecule has 106 valence electrons. The molecule has 0 unspecified atom stereocenters. The molecule has 0 radical (unpaired) electrons. The van der Waals surface area contributed by atoms with Crippen LogP contribution in [-0.2, 0) is 9.59 Å². The Kier molecular flexibility index (Phi) is 3.04. The van der Waals surface area contributed by atoms with Crippen LogP contribution >= 0.6 is 0 Å². The molecular weight excluding hydrogens is 254 g/mol. The third-order valence-corrected chi connectivity index (χ3v) is 4.56. The minimum absolute atomic E-state index is 0.0102. The second-order valence-electron chi connectivity index (χ2n) is 6.14. The monoisotopic (exact) mass is 273 g/mol. The standard InChI is InChI=1S/C16H19NO3/c1-9-3-5-11-12(7-9)16(20)17(15(11)19)13-8-10(2)4-6-14(13)18/h4,6,8-9,11-12,18H,3,5,7H2,1-2H3/t9-,11+,12-/m0/s1. The highest BCUT2D eigenvalue weighted by molar-refractivity contribution is 6.22.